The van der Waals surface area contributed by atoms with Gasteiger partial charge in [0.15, 0.2) is 0 Å². The van der Waals surface area contributed by atoms with Crippen LogP contribution in [0.1, 0.15) is 11.1 Å². The van der Waals surface area contributed by atoms with E-state index in [1.54, 1.807) is 22.0 Å². The zero-order chi connectivity index (χ0) is 26.8. The Morgan fingerprint density at radius 3 is 1.30 bits per heavy atom. The molecule has 2 aromatic heterocycles. The zero-order valence-electron chi connectivity index (χ0n) is 24.8. The first-order valence-corrected chi connectivity index (χ1v) is 12.6. The second-order valence-corrected chi connectivity index (χ2v) is 9.65. The predicted molar refractivity (Wildman–Crippen MR) is 157 cm³/mol. The van der Waals surface area contributed by atoms with E-state index in [2.05, 4.69) is 78.6 Å². The summed E-state index contributed by atoms with van der Waals surface area (Å²) in [5.41, 5.74) is 6.33. The topological polar surface area (TPSA) is 99.3 Å². The Kier molecular flexibility index (Phi) is 9.46. The van der Waals surface area contributed by atoms with Gasteiger partial charge in [-0.05, 0) is 71.6 Å². The van der Waals surface area contributed by atoms with Crippen LogP contribution in [0.4, 0.5) is 34.6 Å². The maximum absolute atomic E-state index is 4.46. The molecule has 12 nitrogen and oxygen atoms in total. The van der Waals surface area contributed by atoms with Gasteiger partial charge >= 0.3 is 11.9 Å². The number of hydrogen-bond donors (Lipinski definition) is 0. The van der Waals surface area contributed by atoms with Gasteiger partial charge in [-0.15, -0.1) is 9.36 Å². The summed E-state index contributed by atoms with van der Waals surface area (Å²) in [6.07, 6.45) is 3.43. The van der Waals surface area contributed by atoms with Crippen LogP contribution < -0.4 is 18.9 Å². The lowest BCUT2D eigenvalue weighted by atomic mass is 10.1. The summed E-state index contributed by atoms with van der Waals surface area (Å²) < 4.78 is 7.09. The van der Waals surface area contributed by atoms with Crippen LogP contribution >= 0.6 is 0 Å². The lowest BCUT2D eigenvalue weighted by molar-refractivity contribution is -0.659. The maximum Gasteiger partial charge on any atom is 0.403 e. The summed E-state index contributed by atoms with van der Waals surface area (Å²) in [4.78, 5) is 4.85. The molecule has 5 rings (SSSR count). The van der Waals surface area contributed by atoms with Crippen LogP contribution in [0, 0.1) is 28.7 Å². The largest absolute Gasteiger partial charge is 0.403 e. The number of aromatic nitrogens is 6. The van der Waals surface area contributed by atoms with Crippen molar-refractivity contribution in [3.8, 4) is 0 Å². The Morgan fingerprint density at radius 1 is 0.625 bits per heavy atom. The first-order chi connectivity index (χ1) is 18.3. The second kappa shape index (κ2) is 12.6. The standard InChI is InChI=1S/C26H34N12.2CH3/c1-19-15-21(7-9-23(19)29-31-25-33(3)17-27-35(25)5)37-11-13-38(14-12-37)22-8-10-24(20(2)16-22)30-32-26-34(4)18-28-36(26)6;;/h7-10,15-18H,11-14H2,1-6H3;2*1H3/q+2;2*-1. The first-order valence-electron chi connectivity index (χ1n) is 12.6. The van der Waals surface area contributed by atoms with Crippen molar-refractivity contribution >= 4 is 34.6 Å². The van der Waals surface area contributed by atoms with Gasteiger partial charge in [0.1, 0.15) is 11.4 Å². The van der Waals surface area contributed by atoms with E-state index in [0.717, 1.165) is 48.7 Å². The van der Waals surface area contributed by atoms with Gasteiger partial charge in [-0.25, -0.2) is 9.13 Å². The summed E-state index contributed by atoms with van der Waals surface area (Å²) in [5.74, 6) is 1.39. The van der Waals surface area contributed by atoms with Crippen LogP contribution in [0.15, 0.2) is 69.5 Å². The summed E-state index contributed by atoms with van der Waals surface area (Å²) in [7, 11) is 7.52. The zero-order valence-corrected chi connectivity index (χ0v) is 24.8. The summed E-state index contributed by atoms with van der Waals surface area (Å²) in [6, 6.07) is 12.7. The number of rotatable bonds is 6. The van der Waals surface area contributed by atoms with Gasteiger partial charge in [0.25, 0.3) is 0 Å². The van der Waals surface area contributed by atoms with Crippen LogP contribution in [0.2, 0.25) is 0 Å². The molecule has 1 aliphatic heterocycles. The molecule has 1 saturated heterocycles. The van der Waals surface area contributed by atoms with Crippen LogP contribution in [0.25, 0.3) is 0 Å². The van der Waals surface area contributed by atoms with E-state index in [0.29, 0.717) is 11.9 Å². The third-order valence-electron chi connectivity index (χ3n) is 6.87. The first kappa shape index (κ1) is 30.1. The highest BCUT2D eigenvalue weighted by molar-refractivity contribution is 5.60. The van der Waals surface area contributed by atoms with Gasteiger partial charge in [-0.3, -0.25) is 0 Å². The van der Waals surface area contributed by atoms with Crippen molar-refractivity contribution in [2.75, 3.05) is 36.0 Å². The molecule has 1 aliphatic rings. The van der Waals surface area contributed by atoms with Crippen LogP contribution in [0.3, 0.4) is 0 Å². The number of aryl methyl sites for hydroxylation is 6. The summed E-state index contributed by atoms with van der Waals surface area (Å²) in [5, 5.41) is 26.0. The number of azo groups is 2. The molecule has 0 bridgehead atoms. The molecule has 0 spiro atoms. The molecular weight excluding hydrogens is 504 g/mol. The lowest BCUT2D eigenvalue weighted by Crippen LogP contribution is -2.46. The number of hydrogen-bond acceptors (Lipinski definition) is 8. The molecule has 0 atom stereocenters. The van der Waals surface area contributed by atoms with E-state index < -0.39 is 0 Å². The molecule has 0 N–H and O–H groups in total. The fourth-order valence-electron chi connectivity index (χ4n) is 4.56. The van der Waals surface area contributed by atoms with Crippen LogP contribution in [0.5, 0.6) is 0 Å². The highest BCUT2D eigenvalue weighted by Gasteiger charge is 2.19. The smallest absolute Gasteiger partial charge is 0.368 e. The SMILES string of the molecule is Cc1cc(N2CCN(c3ccc(N=Nc4n(C)nc[n+]4C)c(C)c3)CC2)ccc1N=Nc1n(C)nc[n+]1C.[CH3-].[CH3-]. The van der Waals surface area contributed by atoms with Crippen LogP contribution in [-0.2, 0) is 28.2 Å². The van der Waals surface area contributed by atoms with Crippen molar-refractivity contribution in [1.29, 1.82) is 0 Å². The van der Waals surface area contributed by atoms with Gasteiger partial charge in [0.05, 0.1) is 28.2 Å². The molecule has 3 heterocycles. The molecule has 0 radical (unpaired) electrons. The maximum atomic E-state index is 4.46. The highest BCUT2D eigenvalue weighted by Crippen LogP contribution is 2.29. The fourth-order valence-corrected chi connectivity index (χ4v) is 4.56. The number of anilines is 2. The molecule has 0 aliphatic carbocycles. The quantitative estimate of drug-likeness (QED) is 0.203. The van der Waals surface area contributed by atoms with E-state index in [1.807, 2.05) is 49.5 Å². The van der Waals surface area contributed by atoms with Gasteiger partial charge in [0, 0.05) is 47.8 Å². The Morgan fingerprint density at radius 2 is 1.00 bits per heavy atom. The van der Waals surface area contributed by atoms with E-state index >= 15 is 0 Å². The Hall–Kier alpha value is -4.48. The van der Waals surface area contributed by atoms with Gasteiger partial charge in [0.2, 0.25) is 12.7 Å². The summed E-state index contributed by atoms with van der Waals surface area (Å²) in [6.45, 7) is 7.94. The van der Waals surface area contributed by atoms with E-state index in [9.17, 15) is 0 Å². The average molecular weight is 545 g/mol. The van der Waals surface area contributed by atoms with Crippen molar-refractivity contribution in [3.05, 3.63) is 75.0 Å². The van der Waals surface area contributed by atoms with E-state index in [4.69, 9.17) is 0 Å². The van der Waals surface area contributed by atoms with Gasteiger partial charge in [-0.2, -0.15) is 0 Å². The molecule has 4 aromatic rings. The Balaban J connectivity index is 0.00000220. The minimum absolute atomic E-state index is 0. The normalized spacial score (nSPS) is 13.7. The van der Waals surface area contributed by atoms with Crippen molar-refractivity contribution in [2.24, 2.45) is 48.6 Å². The third kappa shape index (κ3) is 6.22. The average Bonchev–Trinajstić information content (AvgIpc) is 3.41. The molecule has 0 unspecified atom stereocenters. The number of benzene rings is 2. The molecule has 212 valence electrons. The van der Waals surface area contributed by atoms with Crippen molar-refractivity contribution in [1.82, 2.24) is 19.6 Å². The second-order valence-electron chi connectivity index (χ2n) is 9.65. The van der Waals surface area contributed by atoms with Gasteiger partial charge in [-0.1, -0.05) is 10.2 Å². The van der Waals surface area contributed by atoms with E-state index in [1.165, 1.54) is 11.4 Å². The van der Waals surface area contributed by atoms with E-state index in [-0.39, 0.29) is 14.9 Å². The van der Waals surface area contributed by atoms with Crippen LogP contribution in [-0.4, -0.2) is 45.7 Å². The van der Waals surface area contributed by atoms with Crippen molar-refractivity contribution in [2.45, 2.75) is 13.8 Å². The monoisotopic (exact) mass is 544 g/mol. The molecular formula is C28H40N12. The minimum atomic E-state index is 0. The Labute approximate surface area is 236 Å². The molecule has 0 amide bonds. The fraction of sp³-hybridized carbons (Fsp3) is 0.357. The minimum Gasteiger partial charge on any atom is -0.368 e. The van der Waals surface area contributed by atoms with Crippen molar-refractivity contribution in [3.63, 3.8) is 0 Å². The number of nitrogens with zero attached hydrogens (tertiary/aromatic N) is 12. The third-order valence-corrected chi connectivity index (χ3v) is 6.87. The Bertz CT molecular complexity index is 1350. The summed E-state index contributed by atoms with van der Waals surface area (Å²) >= 11 is 0. The van der Waals surface area contributed by atoms with Gasteiger partial charge < -0.3 is 24.7 Å². The molecule has 0 saturated carbocycles. The molecule has 12 heteroatoms. The highest BCUT2D eigenvalue weighted by atomic mass is 15.4. The number of piperazine rings is 1. The molecule has 1 fully saturated rings. The predicted octanol–water partition coefficient (Wildman–Crippen LogP) is 4.48. The lowest BCUT2D eigenvalue weighted by Gasteiger charge is -2.37. The molecule has 40 heavy (non-hydrogen) atoms. The van der Waals surface area contributed by atoms with Crippen molar-refractivity contribution < 1.29 is 9.13 Å². The molecule has 2 aromatic carbocycles.